The molecule has 154 valence electrons. The van der Waals surface area contributed by atoms with Gasteiger partial charge in [0.15, 0.2) is 0 Å². The molecule has 30 heavy (non-hydrogen) atoms. The number of carbonyl (C=O) groups is 2. The van der Waals surface area contributed by atoms with Gasteiger partial charge in [0.05, 0.1) is 11.5 Å². The molecule has 1 aromatic heterocycles. The minimum Gasteiger partial charge on any atom is -0.383 e. The van der Waals surface area contributed by atoms with Crippen molar-refractivity contribution in [3.63, 3.8) is 0 Å². The van der Waals surface area contributed by atoms with Crippen LogP contribution in [0.1, 0.15) is 27.0 Å². The van der Waals surface area contributed by atoms with E-state index in [2.05, 4.69) is 10.6 Å². The Labute approximate surface area is 176 Å². The summed E-state index contributed by atoms with van der Waals surface area (Å²) in [5.74, 6) is -1.91. The standard InChI is InChI=1S/C21H19N3O5S/c1-13-7-9-16(17(11-13)24(28)29)23-21(27)20(26)22-12-15-8-10-18(30-15)19(25)14-5-3-2-4-6-14/h2-11,19,25H,12H2,1H3,(H,22,26)(H,23,27). The Morgan fingerprint density at radius 2 is 1.83 bits per heavy atom. The smallest absolute Gasteiger partial charge is 0.313 e. The lowest BCUT2D eigenvalue weighted by Crippen LogP contribution is -2.34. The van der Waals surface area contributed by atoms with Crippen LogP contribution in [0, 0.1) is 17.0 Å². The van der Waals surface area contributed by atoms with Crippen molar-refractivity contribution in [2.75, 3.05) is 5.32 Å². The van der Waals surface area contributed by atoms with E-state index in [1.54, 1.807) is 25.1 Å². The first-order valence-corrected chi connectivity index (χ1v) is 9.82. The number of carbonyl (C=O) groups excluding carboxylic acids is 2. The highest BCUT2D eigenvalue weighted by Gasteiger charge is 2.20. The van der Waals surface area contributed by atoms with E-state index in [0.29, 0.717) is 10.4 Å². The normalized spacial score (nSPS) is 11.5. The zero-order valence-corrected chi connectivity index (χ0v) is 16.8. The van der Waals surface area contributed by atoms with Gasteiger partial charge >= 0.3 is 11.8 Å². The van der Waals surface area contributed by atoms with E-state index in [1.807, 2.05) is 30.3 Å². The Bertz CT molecular complexity index is 1080. The van der Waals surface area contributed by atoms with Gasteiger partial charge in [-0.25, -0.2) is 0 Å². The van der Waals surface area contributed by atoms with Gasteiger partial charge < -0.3 is 15.7 Å². The van der Waals surface area contributed by atoms with Crippen molar-refractivity contribution in [1.82, 2.24) is 5.32 Å². The minimum atomic E-state index is -0.997. The second-order valence-electron chi connectivity index (χ2n) is 6.53. The van der Waals surface area contributed by atoms with Crippen LogP contribution in [0.3, 0.4) is 0 Å². The molecule has 0 radical (unpaired) electrons. The molecule has 8 nitrogen and oxygen atoms in total. The van der Waals surface area contributed by atoms with Crippen LogP contribution in [0.5, 0.6) is 0 Å². The molecule has 0 saturated carbocycles. The van der Waals surface area contributed by atoms with Crippen LogP contribution in [0.25, 0.3) is 0 Å². The molecular formula is C21H19N3O5S. The Morgan fingerprint density at radius 1 is 1.10 bits per heavy atom. The molecule has 0 aliphatic heterocycles. The van der Waals surface area contributed by atoms with Gasteiger partial charge in [0.2, 0.25) is 0 Å². The minimum absolute atomic E-state index is 0.0462. The molecule has 1 heterocycles. The van der Waals surface area contributed by atoms with Crippen molar-refractivity contribution in [2.24, 2.45) is 0 Å². The lowest BCUT2D eigenvalue weighted by molar-refractivity contribution is -0.384. The van der Waals surface area contributed by atoms with Gasteiger partial charge in [-0.15, -0.1) is 11.3 Å². The van der Waals surface area contributed by atoms with Crippen LogP contribution in [0.2, 0.25) is 0 Å². The fourth-order valence-corrected chi connectivity index (χ4v) is 3.73. The molecule has 0 aliphatic carbocycles. The SMILES string of the molecule is Cc1ccc(NC(=O)C(=O)NCc2ccc(C(O)c3ccccc3)s2)c([N+](=O)[O-])c1. The molecule has 0 bridgehead atoms. The van der Waals surface area contributed by atoms with Crippen LogP contribution in [0.4, 0.5) is 11.4 Å². The number of aliphatic hydroxyl groups is 1. The molecule has 0 fully saturated rings. The first-order valence-electron chi connectivity index (χ1n) is 9.01. The third kappa shape index (κ3) is 5.07. The van der Waals surface area contributed by atoms with Crippen molar-refractivity contribution in [3.8, 4) is 0 Å². The first-order chi connectivity index (χ1) is 14.3. The maximum atomic E-state index is 12.1. The van der Waals surface area contributed by atoms with Crippen LogP contribution in [-0.2, 0) is 16.1 Å². The zero-order valence-electron chi connectivity index (χ0n) is 16.0. The molecule has 2 amide bonds. The zero-order chi connectivity index (χ0) is 21.7. The number of thiophene rings is 1. The van der Waals surface area contributed by atoms with Crippen LogP contribution in [-0.4, -0.2) is 21.8 Å². The highest BCUT2D eigenvalue weighted by atomic mass is 32.1. The van der Waals surface area contributed by atoms with Gasteiger partial charge in [0.25, 0.3) is 5.69 Å². The highest BCUT2D eigenvalue weighted by Crippen LogP contribution is 2.28. The predicted octanol–water partition coefficient (Wildman–Crippen LogP) is 3.30. The van der Waals surface area contributed by atoms with Gasteiger partial charge in [-0.05, 0) is 36.2 Å². The second kappa shape index (κ2) is 9.29. The highest BCUT2D eigenvalue weighted by molar-refractivity contribution is 7.12. The van der Waals surface area contributed by atoms with E-state index in [1.165, 1.54) is 23.5 Å². The van der Waals surface area contributed by atoms with E-state index < -0.39 is 22.8 Å². The second-order valence-corrected chi connectivity index (χ2v) is 7.73. The summed E-state index contributed by atoms with van der Waals surface area (Å²) in [5, 5.41) is 26.3. The molecule has 2 aromatic carbocycles. The van der Waals surface area contributed by atoms with E-state index in [9.17, 15) is 24.8 Å². The number of rotatable bonds is 6. The number of benzene rings is 2. The van der Waals surface area contributed by atoms with Gasteiger partial charge in [0.1, 0.15) is 11.8 Å². The number of nitrogens with zero attached hydrogens (tertiary/aromatic N) is 1. The Balaban J connectivity index is 1.59. The third-order valence-corrected chi connectivity index (χ3v) is 5.43. The molecule has 9 heteroatoms. The summed E-state index contributed by atoms with van der Waals surface area (Å²) in [4.78, 5) is 36.2. The molecule has 0 spiro atoms. The third-order valence-electron chi connectivity index (χ3n) is 4.29. The molecule has 1 atom stereocenters. The molecule has 1 unspecified atom stereocenters. The summed E-state index contributed by atoms with van der Waals surface area (Å²) in [6.07, 6.45) is -0.772. The summed E-state index contributed by atoms with van der Waals surface area (Å²) < 4.78 is 0. The number of anilines is 1. The fraction of sp³-hybridized carbons (Fsp3) is 0.143. The Kier molecular flexibility index (Phi) is 6.55. The first kappa shape index (κ1) is 21.2. The van der Waals surface area contributed by atoms with Crippen molar-refractivity contribution in [2.45, 2.75) is 19.6 Å². The van der Waals surface area contributed by atoms with Crippen LogP contribution < -0.4 is 10.6 Å². The number of nitro groups is 1. The number of nitrogens with one attached hydrogen (secondary N) is 2. The largest absolute Gasteiger partial charge is 0.383 e. The summed E-state index contributed by atoms with van der Waals surface area (Å²) in [7, 11) is 0. The number of amides is 2. The molecule has 0 saturated heterocycles. The lowest BCUT2D eigenvalue weighted by Gasteiger charge is -2.08. The summed E-state index contributed by atoms with van der Waals surface area (Å²) in [6, 6.07) is 17.0. The number of hydrogen-bond donors (Lipinski definition) is 3. The van der Waals surface area contributed by atoms with E-state index in [4.69, 9.17) is 0 Å². The van der Waals surface area contributed by atoms with E-state index in [-0.39, 0.29) is 17.9 Å². The summed E-state index contributed by atoms with van der Waals surface area (Å²) in [5.41, 5.74) is 1.09. The average Bonchev–Trinajstić information content (AvgIpc) is 3.22. The van der Waals surface area contributed by atoms with Crippen LogP contribution >= 0.6 is 11.3 Å². The summed E-state index contributed by atoms with van der Waals surface area (Å²) >= 11 is 1.32. The number of aliphatic hydroxyl groups excluding tert-OH is 1. The average molecular weight is 425 g/mol. The van der Waals surface area contributed by atoms with E-state index >= 15 is 0 Å². The van der Waals surface area contributed by atoms with Gasteiger partial charge in [0, 0.05) is 15.8 Å². The maximum absolute atomic E-state index is 12.1. The number of aryl methyl sites for hydroxylation is 1. The molecule has 3 rings (SSSR count). The quantitative estimate of drug-likeness (QED) is 0.318. The van der Waals surface area contributed by atoms with Crippen molar-refractivity contribution < 1.29 is 19.6 Å². The molecule has 0 aliphatic rings. The topological polar surface area (TPSA) is 122 Å². The predicted molar refractivity (Wildman–Crippen MR) is 113 cm³/mol. The molecule has 3 N–H and O–H groups in total. The maximum Gasteiger partial charge on any atom is 0.313 e. The Morgan fingerprint density at radius 3 is 2.53 bits per heavy atom. The lowest BCUT2D eigenvalue weighted by atomic mass is 10.1. The van der Waals surface area contributed by atoms with Crippen LogP contribution in [0.15, 0.2) is 60.7 Å². The fourth-order valence-electron chi connectivity index (χ4n) is 2.76. The van der Waals surface area contributed by atoms with Crippen molar-refractivity contribution in [3.05, 3.63) is 91.7 Å². The van der Waals surface area contributed by atoms with Crippen molar-refractivity contribution in [1.29, 1.82) is 0 Å². The number of hydrogen-bond acceptors (Lipinski definition) is 6. The molecular weight excluding hydrogens is 406 g/mol. The van der Waals surface area contributed by atoms with Crippen molar-refractivity contribution >= 4 is 34.5 Å². The van der Waals surface area contributed by atoms with Gasteiger partial charge in [-0.2, -0.15) is 0 Å². The van der Waals surface area contributed by atoms with Gasteiger partial charge in [-0.1, -0.05) is 36.4 Å². The van der Waals surface area contributed by atoms with E-state index in [0.717, 1.165) is 10.4 Å². The Hall–Kier alpha value is -3.56. The number of nitro benzene ring substituents is 1. The monoisotopic (exact) mass is 425 g/mol. The summed E-state index contributed by atoms with van der Waals surface area (Å²) in [6.45, 7) is 1.78. The van der Waals surface area contributed by atoms with Gasteiger partial charge in [-0.3, -0.25) is 19.7 Å². The molecule has 3 aromatic rings.